The molecular formula is C18H18OS. The molecule has 102 valence electrons. The summed E-state index contributed by atoms with van der Waals surface area (Å²) in [7, 11) is -0.634. The summed E-state index contributed by atoms with van der Waals surface area (Å²) in [5, 5.41) is 3.27. The maximum atomic E-state index is 12.3. The van der Waals surface area contributed by atoms with E-state index in [9.17, 15) is 4.21 Å². The van der Waals surface area contributed by atoms with Gasteiger partial charge in [0, 0.05) is 16.0 Å². The highest BCUT2D eigenvalue weighted by atomic mass is 32.2. The van der Waals surface area contributed by atoms with Crippen LogP contribution < -0.4 is 0 Å². The molecule has 0 amide bonds. The van der Waals surface area contributed by atoms with Crippen molar-refractivity contribution in [2.45, 2.75) is 36.2 Å². The minimum absolute atomic E-state index is 0.295. The molecule has 1 fully saturated rings. The molecule has 2 aliphatic rings. The molecule has 0 saturated carbocycles. The summed E-state index contributed by atoms with van der Waals surface area (Å²) >= 11 is 0. The Morgan fingerprint density at radius 2 is 1.85 bits per heavy atom. The second-order valence-corrected chi connectivity index (χ2v) is 7.81. The van der Waals surface area contributed by atoms with Crippen LogP contribution in [0.2, 0.25) is 0 Å². The Morgan fingerprint density at radius 1 is 1.00 bits per heavy atom. The van der Waals surface area contributed by atoms with E-state index in [1.54, 1.807) is 0 Å². The Bertz CT molecular complexity index is 716. The van der Waals surface area contributed by atoms with Gasteiger partial charge in [-0.15, -0.1) is 0 Å². The number of rotatable bonds is 1. The van der Waals surface area contributed by atoms with Gasteiger partial charge in [-0.25, -0.2) is 0 Å². The third-order valence-corrected chi connectivity index (χ3v) is 6.62. The number of hydrogen-bond donors (Lipinski definition) is 0. The summed E-state index contributed by atoms with van der Waals surface area (Å²) < 4.78 is 12.3. The summed E-state index contributed by atoms with van der Waals surface area (Å²) in [5.74, 6) is 0. The zero-order valence-corrected chi connectivity index (χ0v) is 12.2. The largest absolute Gasteiger partial charge is 0.259 e. The van der Waals surface area contributed by atoms with Crippen molar-refractivity contribution in [3.05, 3.63) is 54.1 Å². The summed E-state index contributed by atoms with van der Waals surface area (Å²) in [5.41, 5.74) is 2.72. The Morgan fingerprint density at radius 3 is 2.70 bits per heavy atom. The van der Waals surface area contributed by atoms with Crippen molar-refractivity contribution < 1.29 is 4.21 Å². The molecule has 3 unspecified atom stereocenters. The van der Waals surface area contributed by atoms with Crippen LogP contribution in [0.3, 0.4) is 0 Å². The lowest BCUT2D eigenvalue weighted by atomic mass is 9.92. The van der Waals surface area contributed by atoms with Gasteiger partial charge in [0.2, 0.25) is 0 Å². The molecule has 2 aromatic carbocycles. The number of benzene rings is 2. The zero-order valence-electron chi connectivity index (χ0n) is 11.4. The monoisotopic (exact) mass is 282 g/mol. The third-order valence-electron chi connectivity index (χ3n) is 4.60. The van der Waals surface area contributed by atoms with Crippen LogP contribution in [0.15, 0.2) is 48.5 Å². The van der Waals surface area contributed by atoms with Crippen LogP contribution in [-0.4, -0.2) is 14.7 Å². The van der Waals surface area contributed by atoms with E-state index in [-0.39, 0.29) is 0 Å². The van der Waals surface area contributed by atoms with Crippen LogP contribution >= 0.6 is 0 Å². The van der Waals surface area contributed by atoms with Gasteiger partial charge < -0.3 is 0 Å². The van der Waals surface area contributed by atoms with Gasteiger partial charge in [0.05, 0.1) is 5.25 Å². The molecule has 20 heavy (non-hydrogen) atoms. The highest BCUT2D eigenvalue weighted by Gasteiger charge is 2.33. The fraction of sp³-hybridized carbons (Fsp3) is 0.333. The van der Waals surface area contributed by atoms with Gasteiger partial charge in [0.15, 0.2) is 0 Å². The maximum absolute atomic E-state index is 12.3. The topological polar surface area (TPSA) is 17.1 Å². The first-order valence-electron chi connectivity index (χ1n) is 7.40. The molecule has 2 heterocycles. The predicted octanol–water partition coefficient (Wildman–Crippen LogP) is 4.30. The molecule has 3 atom stereocenters. The fourth-order valence-electron chi connectivity index (χ4n) is 3.50. The van der Waals surface area contributed by atoms with Crippen molar-refractivity contribution in [2.24, 2.45) is 0 Å². The zero-order chi connectivity index (χ0) is 13.5. The molecule has 2 aromatic rings. The van der Waals surface area contributed by atoms with Gasteiger partial charge >= 0.3 is 0 Å². The van der Waals surface area contributed by atoms with Crippen LogP contribution in [0.5, 0.6) is 0 Å². The van der Waals surface area contributed by atoms with Gasteiger partial charge in [-0.2, -0.15) is 0 Å². The Labute approximate surface area is 122 Å². The van der Waals surface area contributed by atoms with Crippen molar-refractivity contribution in [3.63, 3.8) is 0 Å². The molecule has 0 spiro atoms. The van der Waals surface area contributed by atoms with E-state index >= 15 is 0 Å². The normalized spacial score (nSPS) is 29.2. The quantitative estimate of drug-likeness (QED) is 0.762. The van der Waals surface area contributed by atoms with Crippen molar-refractivity contribution in [1.29, 1.82) is 0 Å². The molecule has 0 radical (unpaired) electrons. The first-order chi connectivity index (χ1) is 9.81. The van der Waals surface area contributed by atoms with Crippen molar-refractivity contribution in [1.82, 2.24) is 0 Å². The second-order valence-electron chi connectivity index (χ2n) is 5.88. The minimum atomic E-state index is -0.634. The smallest absolute Gasteiger partial charge is 0.0536 e. The summed E-state index contributed by atoms with van der Waals surface area (Å²) in [6, 6.07) is 15.2. The van der Waals surface area contributed by atoms with Gasteiger partial charge in [-0.3, -0.25) is 4.21 Å². The Balaban J connectivity index is 1.77. The lowest BCUT2D eigenvalue weighted by Gasteiger charge is -2.32. The number of fused-ring (bicyclic) bond motifs is 3. The third kappa shape index (κ3) is 2.03. The van der Waals surface area contributed by atoms with Crippen LogP contribution in [-0.2, 0) is 10.8 Å². The number of hydrogen-bond acceptors (Lipinski definition) is 1. The average Bonchev–Trinajstić information content (AvgIpc) is 2.46. The average molecular weight is 282 g/mol. The SMILES string of the molecule is O=S1C2C=C(c3ccc4ccccc4c3)CC1CCC2. The van der Waals surface area contributed by atoms with Crippen LogP contribution in [0, 0.1) is 0 Å². The van der Waals surface area contributed by atoms with Gasteiger partial charge in [0.25, 0.3) is 0 Å². The highest BCUT2D eigenvalue weighted by molar-refractivity contribution is 7.86. The summed E-state index contributed by atoms with van der Waals surface area (Å²) in [4.78, 5) is 0. The maximum Gasteiger partial charge on any atom is 0.0536 e. The fourth-order valence-corrected chi connectivity index (χ4v) is 5.44. The summed E-state index contributed by atoms with van der Waals surface area (Å²) in [6.07, 6.45) is 6.74. The molecular weight excluding hydrogens is 264 g/mol. The second kappa shape index (κ2) is 4.85. The molecule has 4 rings (SSSR count). The van der Waals surface area contributed by atoms with Crippen LogP contribution in [0.1, 0.15) is 31.2 Å². The highest BCUT2D eigenvalue weighted by Crippen LogP contribution is 2.37. The van der Waals surface area contributed by atoms with E-state index < -0.39 is 10.8 Å². The molecule has 1 nitrogen and oxygen atoms in total. The van der Waals surface area contributed by atoms with Crippen molar-refractivity contribution in [3.8, 4) is 0 Å². The van der Waals surface area contributed by atoms with E-state index in [1.165, 1.54) is 28.3 Å². The van der Waals surface area contributed by atoms with E-state index in [4.69, 9.17) is 0 Å². The van der Waals surface area contributed by atoms with Crippen molar-refractivity contribution in [2.75, 3.05) is 0 Å². The van der Waals surface area contributed by atoms with E-state index in [2.05, 4.69) is 48.5 Å². The Hall–Kier alpha value is -1.41. The van der Waals surface area contributed by atoms with Gasteiger partial charge in [-0.1, -0.05) is 48.9 Å². The van der Waals surface area contributed by atoms with Crippen LogP contribution in [0.4, 0.5) is 0 Å². The minimum Gasteiger partial charge on any atom is -0.259 e. The molecule has 2 heteroatoms. The first kappa shape index (κ1) is 12.3. The van der Waals surface area contributed by atoms with E-state index in [0.29, 0.717) is 10.5 Å². The van der Waals surface area contributed by atoms with Gasteiger partial charge in [-0.05, 0) is 47.2 Å². The molecule has 0 aliphatic carbocycles. The predicted molar refractivity (Wildman–Crippen MR) is 86.1 cm³/mol. The lowest BCUT2D eigenvalue weighted by molar-refractivity contribution is 0.579. The van der Waals surface area contributed by atoms with Crippen LogP contribution in [0.25, 0.3) is 16.3 Å². The van der Waals surface area contributed by atoms with Gasteiger partial charge in [0.1, 0.15) is 0 Å². The van der Waals surface area contributed by atoms with E-state index in [0.717, 1.165) is 19.3 Å². The molecule has 0 aromatic heterocycles. The van der Waals surface area contributed by atoms with Crippen molar-refractivity contribution >= 4 is 27.1 Å². The molecule has 2 aliphatic heterocycles. The standard InChI is InChI=1S/C18H18OS/c19-20-17-6-3-7-18(20)12-16(11-17)15-9-8-13-4-1-2-5-14(13)10-15/h1-2,4-5,8-11,17-18H,3,6-7,12H2. The summed E-state index contributed by atoms with van der Waals surface area (Å²) in [6.45, 7) is 0. The molecule has 2 bridgehead atoms. The molecule has 1 saturated heterocycles. The van der Waals surface area contributed by atoms with E-state index in [1.807, 2.05) is 0 Å². The first-order valence-corrected chi connectivity index (χ1v) is 8.68. The number of allylic oxidation sites excluding steroid dienone is 1. The lowest BCUT2D eigenvalue weighted by Crippen LogP contribution is -2.33. The molecule has 0 N–H and O–H groups in total. The Kier molecular flexibility index (Phi) is 2.99.